The lowest BCUT2D eigenvalue weighted by Gasteiger charge is -2.28. The molecule has 0 bridgehead atoms. The molecular formula is C49H48N2S. The van der Waals surface area contributed by atoms with Crippen molar-refractivity contribution in [3.05, 3.63) is 143 Å². The monoisotopic (exact) mass is 696 g/mol. The van der Waals surface area contributed by atoms with E-state index in [1.54, 1.807) is 0 Å². The Morgan fingerprint density at radius 2 is 1.23 bits per heavy atom. The second kappa shape index (κ2) is 12.9. The number of nitrogens with zero attached hydrogens (tertiary/aromatic N) is 2. The van der Waals surface area contributed by atoms with Crippen molar-refractivity contribution in [1.82, 2.24) is 9.55 Å². The number of imidazole rings is 1. The highest BCUT2D eigenvalue weighted by molar-refractivity contribution is 7.26. The zero-order valence-corrected chi connectivity index (χ0v) is 32.7. The molecule has 2 heterocycles. The van der Waals surface area contributed by atoms with Crippen LogP contribution in [0.25, 0.3) is 70.5 Å². The highest BCUT2D eigenvalue weighted by Crippen LogP contribution is 2.45. The van der Waals surface area contributed by atoms with Crippen molar-refractivity contribution in [2.24, 2.45) is 0 Å². The Kier molecular flexibility index (Phi) is 8.46. The third-order valence-corrected chi connectivity index (χ3v) is 11.8. The molecule has 0 spiro atoms. The first kappa shape index (κ1) is 34.1. The molecule has 0 saturated heterocycles. The lowest BCUT2D eigenvalue weighted by molar-refractivity contribution is 0.586. The molecule has 8 aromatic rings. The Hall–Kier alpha value is -4.99. The van der Waals surface area contributed by atoms with Crippen LogP contribution in [0.3, 0.4) is 0 Å². The number of aryl methyl sites for hydroxylation is 2. The van der Waals surface area contributed by atoms with Crippen LogP contribution in [0, 0.1) is 13.8 Å². The molecule has 3 heteroatoms. The number of thiophene rings is 1. The van der Waals surface area contributed by atoms with E-state index in [2.05, 4.69) is 182 Å². The van der Waals surface area contributed by atoms with Gasteiger partial charge in [-0.15, -0.1) is 11.3 Å². The molecule has 2 aromatic heterocycles. The first-order valence-electron chi connectivity index (χ1n) is 18.7. The Bertz CT molecular complexity index is 2590. The van der Waals surface area contributed by atoms with E-state index in [9.17, 15) is 0 Å². The lowest BCUT2D eigenvalue weighted by atomic mass is 9.81. The summed E-state index contributed by atoms with van der Waals surface area (Å²) in [6.45, 7) is 20.6. The first-order chi connectivity index (χ1) is 24.9. The number of rotatable bonds is 6. The molecule has 0 fully saturated rings. The van der Waals surface area contributed by atoms with Gasteiger partial charge in [-0.3, -0.25) is 4.57 Å². The van der Waals surface area contributed by atoms with Crippen LogP contribution in [-0.2, 0) is 5.41 Å². The first-order valence-corrected chi connectivity index (χ1v) is 19.5. The molecule has 0 radical (unpaired) electrons. The van der Waals surface area contributed by atoms with Crippen molar-refractivity contribution in [1.29, 1.82) is 0 Å². The molecule has 6 aromatic carbocycles. The second-order valence-electron chi connectivity index (χ2n) is 16.3. The molecule has 260 valence electrons. The molecule has 0 amide bonds. The van der Waals surface area contributed by atoms with Crippen LogP contribution < -0.4 is 0 Å². The summed E-state index contributed by atoms with van der Waals surface area (Å²) in [6.07, 6.45) is 0. The van der Waals surface area contributed by atoms with Gasteiger partial charge < -0.3 is 0 Å². The molecule has 0 saturated carbocycles. The van der Waals surface area contributed by atoms with Crippen molar-refractivity contribution in [3.8, 4) is 39.3 Å². The van der Waals surface area contributed by atoms with Gasteiger partial charge >= 0.3 is 0 Å². The summed E-state index contributed by atoms with van der Waals surface area (Å²) >= 11 is 1.88. The van der Waals surface area contributed by atoms with E-state index in [0.29, 0.717) is 11.8 Å². The summed E-state index contributed by atoms with van der Waals surface area (Å²) in [5.74, 6) is 1.69. The van der Waals surface area contributed by atoms with Crippen LogP contribution >= 0.6 is 11.3 Å². The molecular weight excluding hydrogens is 649 g/mol. The SMILES string of the molecule is Cc1cc(C)cc(-c2cccc(-c3ccc4sc5c(-c6nc7ccccc7n6-c6c(C(C)C)cc(C(C)(C)C)cc6C(C)C)cccc5c4c3)c2)c1. The highest BCUT2D eigenvalue weighted by atomic mass is 32.1. The van der Waals surface area contributed by atoms with Crippen LogP contribution in [0.4, 0.5) is 0 Å². The van der Waals surface area contributed by atoms with Crippen LogP contribution in [0.2, 0.25) is 0 Å². The van der Waals surface area contributed by atoms with Crippen molar-refractivity contribution in [3.63, 3.8) is 0 Å². The maximum Gasteiger partial charge on any atom is 0.147 e. The quantitative estimate of drug-likeness (QED) is 0.169. The van der Waals surface area contributed by atoms with Gasteiger partial charge in [0.1, 0.15) is 5.82 Å². The second-order valence-corrected chi connectivity index (χ2v) is 17.3. The number of hydrogen-bond acceptors (Lipinski definition) is 2. The topological polar surface area (TPSA) is 17.8 Å². The third-order valence-electron chi connectivity index (χ3n) is 10.6. The molecule has 0 aliphatic carbocycles. The molecule has 8 rings (SSSR count). The van der Waals surface area contributed by atoms with Gasteiger partial charge in [-0.1, -0.05) is 138 Å². The number of benzene rings is 6. The molecule has 0 atom stereocenters. The van der Waals surface area contributed by atoms with E-state index >= 15 is 0 Å². The maximum absolute atomic E-state index is 5.44. The van der Waals surface area contributed by atoms with Gasteiger partial charge in [0, 0.05) is 25.7 Å². The summed E-state index contributed by atoms with van der Waals surface area (Å²) in [5.41, 5.74) is 16.4. The predicted molar refractivity (Wildman–Crippen MR) is 227 cm³/mol. The van der Waals surface area contributed by atoms with Gasteiger partial charge in [-0.25, -0.2) is 4.98 Å². The van der Waals surface area contributed by atoms with Gasteiger partial charge in [0.2, 0.25) is 0 Å². The Morgan fingerprint density at radius 3 is 1.90 bits per heavy atom. The van der Waals surface area contributed by atoms with Crippen molar-refractivity contribution < 1.29 is 0 Å². The Labute approximate surface area is 312 Å². The summed E-state index contributed by atoms with van der Waals surface area (Å²) < 4.78 is 5.05. The number of hydrogen-bond donors (Lipinski definition) is 0. The van der Waals surface area contributed by atoms with Crippen molar-refractivity contribution >= 4 is 42.5 Å². The van der Waals surface area contributed by atoms with Gasteiger partial charge in [0.15, 0.2) is 0 Å². The minimum atomic E-state index is 0.0497. The molecule has 0 aliphatic rings. The Balaban J connectivity index is 1.34. The average molecular weight is 697 g/mol. The zero-order chi connectivity index (χ0) is 36.5. The molecule has 0 unspecified atom stereocenters. The molecule has 0 N–H and O–H groups in total. The largest absolute Gasteiger partial charge is 0.292 e. The fraction of sp³-hybridized carbons (Fsp3) is 0.245. The van der Waals surface area contributed by atoms with Crippen LogP contribution in [0.15, 0.2) is 115 Å². The number of fused-ring (bicyclic) bond motifs is 4. The normalized spacial score (nSPS) is 12.3. The number of aromatic nitrogens is 2. The van der Waals surface area contributed by atoms with Gasteiger partial charge in [-0.05, 0) is 106 Å². The minimum Gasteiger partial charge on any atom is -0.292 e. The van der Waals surface area contributed by atoms with Gasteiger partial charge in [0.25, 0.3) is 0 Å². The third kappa shape index (κ3) is 5.95. The Morgan fingerprint density at radius 1 is 0.596 bits per heavy atom. The van der Waals surface area contributed by atoms with Crippen molar-refractivity contribution in [2.45, 2.75) is 79.6 Å². The van der Waals surface area contributed by atoms with E-state index in [0.717, 1.165) is 16.9 Å². The standard InChI is InChI=1S/C49H48N2S/c1-29(2)40-27-37(49(7,8)9)28-41(30(3)4)46(40)51-44-19-11-10-18-43(44)50-48(51)39-17-13-16-38-42-26-35(20-21-45(42)52-47(38)39)33-14-12-15-34(25-33)36-23-31(5)22-32(6)24-36/h10-30H,1-9H3. The van der Waals surface area contributed by atoms with E-state index in [-0.39, 0.29) is 5.41 Å². The molecule has 52 heavy (non-hydrogen) atoms. The zero-order valence-electron chi connectivity index (χ0n) is 31.9. The average Bonchev–Trinajstić information content (AvgIpc) is 3.68. The van der Waals surface area contributed by atoms with Gasteiger partial charge in [0.05, 0.1) is 16.7 Å². The summed E-state index contributed by atoms with van der Waals surface area (Å²) in [4.78, 5) is 5.44. The van der Waals surface area contributed by atoms with Gasteiger partial charge in [-0.2, -0.15) is 0 Å². The molecule has 2 nitrogen and oxygen atoms in total. The minimum absolute atomic E-state index is 0.0497. The predicted octanol–water partition coefficient (Wildman–Crippen LogP) is 14.6. The van der Waals surface area contributed by atoms with Crippen LogP contribution in [0.1, 0.15) is 88.1 Å². The smallest absolute Gasteiger partial charge is 0.147 e. The van der Waals surface area contributed by atoms with Crippen molar-refractivity contribution in [2.75, 3.05) is 0 Å². The van der Waals surface area contributed by atoms with Crippen LogP contribution in [-0.4, -0.2) is 9.55 Å². The van der Waals surface area contributed by atoms with E-state index in [1.807, 2.05) is 11.3 Å². The summed E-state index contributed by atoms with van der Waals surface area (Å²) in [7, 11) is 0. The highest BCUT2D eigenvalue weighted by Gasteiger charge is 2.26. The summed E-state index contributed by atoms with van der Waals surface area (Å²) in [5, 5.41) is 2.57. The lowest BCUT2D eigenvalue weighted by Crippen LogP contribution is -2.16. The fourth-order valence-electron chi connectivity index (χ4n) is 7.86. The van der Waals surface area contributed by atoms with E-state index in [4.69, 9.17) is 4.98 Å². The van der Waals surface area contributed by atoms with E-state index < -0.39 is 0 Å². The fourth-order valence-corrected chi connectivity index (χ4v) is 9.05. The van der Waals surface area contributed by atoms with Crippen LogP contribution in [0.5, 0.6) is 0 Å². The number of para-hydroxylation sites is 2. The summed E-state index contributed by atoms with van der Waals surface area (Å²) in [6, 6.07) is 43.1. The molecule has 0 aliphatic heterocycles. The maximum atomic E-state index is 5.44. The van der Waals surface area contributed by atoms with E-state index in [1.165, 1.54) is 81.5 Å².